The number of rotatable bonds is 8. The van der Waals surface area contributed by atoms with Gasteiger partial charge in [0, 0.05) is 30.8 Å². The van der Waals surface area contributed by atoms with E-state index in [1.165, 1.54) is 65.1 Å². The van der Waals surface area contributed by atoms with Crippen molar-refractivity contribution in [3.8, 4) is 5.75 Å². The zero-order valence-corrected chi connectivity index (χ0v) is 20.7. The molecule has 0 unspecified atom stereocenters. The van der Waals surface area contributed by atoms with Gasteiger partial charge in [-0.1, -0.05) is 12.1 Å². The lowest BCUT2D eigenvalue weighted by molar-refractivity contribution is -0.384. The number of amides is 1. The minimum atomic E-state index is -3.75. The summed E-state index contributed by atoms with van der Waals surface area (Å²) in [6.45, 7) is 1.12. The molecule has 3 aromatic carbocycles. The lowest BCUT2D eigenvalue weighted by Gasteiger charge is -2.26. The van der Waals surface area contributed by atoms with Crippen molar-refractivity contribution in [2.75, 3.05) is 26.3 Å². The van der Waals surface area contributed by atoms with Crippen molar-refractivity contribution in [3.63, 3.8) is 0 Å². The van der Waals surface area contributed by atoms with Gasteiger partial charge in [-0.2, -0.15) is 9.41 Å². The number of non-ortho nitro benzene ring substituents is 1. The summed E-state index contributed by atoms with van der Waals surface area (Å²) in [6, 6.07) is 17.0. The predicted molar refractivity (Wildman–Crippen MR) is 136 cm³/mol. The number of esters is 1. The standard InChI is InChI=1S/C25H22N4O8S/c30-24(19-3-2-6-23(16-19)38(34,35)28-11-13-36-14-12-28)27-26-17-18-7-9-22(10-8-18)37-25(31)20-4-1-5-21(15-20)29(32)33/h1-10,15-17H,11-14H2,(H,27,30)/b26-17-. The molecule has 1 aliphatic heterocycles. The molecule has 12 nitrogen and oxygen atoms in total. The second-order valence-electron chi connectivity index (χ2n) is 8.01. The van der Waals surface area contributed by atoms with Gasteiger partial charge in [-0.15, -0.1) is 0 Å². The van der Waals surface area contributed by atoms with E-state index < -0.39 is 26.8 Å². The highest BCUT2D eigenvalue weighted by atomic mass is 32.2. The smallest absolute Gasteiger partial charge is 0.343 e. The number of nitrogens with one attached hydrogen (secondary N) is 1. The topological polar surface area (TPSA) is 158 Å². The molecule has 0 saturated carbocycles. The second-order valence-corrected chi connectivity index (χ2v) is 9.95. The molecule has 0 bridgehead atoms. The molecule has 4 rings (SSSR count). The average Bonchev–Trinajstić information content (AvgIpc) is 2.94. The number of nitro groups is 1. The van der Waals surface area contributed by atoms with Crippen LogP contribution in [-0.4, -0.2) is 62.0 Å². The Balaban J connectivity index is 1.35. The van der Waals surface area contributed by atoms with Gasteiger partial charge in [0.1, 0.15) is 5.75 Å². The molecule has 0 radical (unpaired) electrons. The molecule has 3 aromatic rings. The molecular formula is C25H22N4O8S. The van der Waals surface area contributed by atoms with E-state index in [1.807, 2.05) is 0 Å². The lowest BCUT2D eigenvalue weighted by Crippen LogP contribution is -2.40. The summed E-state index contributed by atoms with van der Waals surface area (Å²) in [5, 5.41) is 14.8. The fourth-order valence-corrected chi connectivity index (χ4v) is 4.95. The third-order valence-corrected chi connectivity index (χ3v) is 7.36. The minimum Gasteiger partial charge on any atom is -0.423 e. The van der Waals surface area contributed by atoms with Crippen LogP contribution < -0.4 is 10.2 Å². The Morgan fingerprint density at radius 1 is 1.00 bits per heavy atom. The summed E-state index contributed by atoms with van der Waals surface area (Å²) in [5.41, 5.74) is 2.86. The first kappa shape index (κ1) is 26.6. The average molecular weight is 539 g/mol. The van der Waals surface area contributed by atoms with Crippen molar-refractivity contribution in [1.82, 2.24) is 9.73 Å². The van der Waals surface area contributed by atoms with E-state index in [-0.39, 0.29) is 40.5 Å². The van der Waals surface area contributed by atoms with E-state index in [9.17, 15) is 28.1 Å². The van der Waals surface area contributed by atoms with E-state index in [0.29, 0.717) is 18.8 Å². The van der Waals surface area contributed by atoms with Gasteiger partial charge in [-0.25, -0.2) is 18.6 Å². The Hall–Kier alpha value is -4.46. The number of hydrogen-bond acceptors (Lipinski definition) is 9. The Morgan fingerprint density at radius 3 is 2.39 bits per heavy atom. The van der Waals surface area contributed by atoms with Gasteiger partial charge in [-0.3, -0.25) is 14.9 Å². The number of ether oxygens (including phenoxy) is 2. The molecule has 0 spiro atoms. The highest BCUT2D eigenvalue weighted by Gasteiger charge is 2.26. The first-order valence-electron chi connectivity index (χ1n) is 11.3. The second kappa shape index (κ2) is 11.7. The molecule has 196 valence electrons. The van der Waals surface area contributed by atoms with Crippen LogP contribution in [0.5, 0.6) is 5.75 Å². The fraction of sp³-hybridized carbons (Fsp3) is 0.160. The van der Waals surface area contributed by atoms with E-state index in [0.717, 1.165) is 6.07 Å². The van der Waals surface area contributed by atoms with Crippen molar-refractivity contribution in [1.29, 1.82) is 0 Å². The molecule has 0 aromatic heterocycles. The van der Waals surface area contributed by atoms with Crippen molar-refractivity contribution in [2.24, 2.45) is 5.10 Å². The first-order valence-corrected chi connectivity index (χ1v) is 12.8. The molecule has 1 fully saturated rings. The summed E-state index contributed by atoms with van der Waals surface area (Å²) in [5.74, 6) is -1.14. The molecule has 1 N–H and O–H groups in total. The summed E-state index contributed by atoms with van der Waals surface area (Å²) < 4.78 is 37.4. The van der Waals surface area contributed by atoms with Gasteiger partial charge in [0.25, 0.3) is 11.6 Å². The van der Waals surface area contributed by atoms with E-state index in [4.69, 9.17) is 9.47 Å². The van der Waals surface area contributed by atoms with Crippen molar-refractivity contribution >= 4 is 33.8 Å². The number of nitro benzene ring substituents is 1. The number of benzene rings is 3. The Labute approximate surface area is 217 Å². The predicted octanol–water partition coefficient (Wildman–Crippen LogP) is 2.60. The van der Waals surface area contributed by atoms with Crippen LogP contribution in [0.15, 0.2) is 82.8 Å². The van der Waals surface area contributed by atoms with Crippen LogP contribution in [0.1, 0.15) is 26.3 Å². The van der Waals surface area contributed by atoms with Crippen LogP contribution in [0.2, 0.25) is 0 Å². The summed E-state index contributed by atoms with van der Waals surface area (Å²) in [6.07, 6.45) is 1.36. The summed E-state index contributed by atoms with van der Waals surface area (Å²) in [4.78, 5) is 35.1. The number of morpholine rings is 1. The van der Waals surface area contributed by atoms with Gasteiger partial charge in [0.05, 0.1) is 34.8 Å². The zero-order valence-electron chi connectivity index (χ0n) is 19.8. The monoisotopic (exact) mass is 538 g/mol. The number of carbonyl (C=O) groups is 2. The number of carbonyl (C=O) groups excluding carboxylic acids is 2. The Bertz CT molecular complexity index is 1480. The van der Waals surface area contributed by atoms with E-state index in [1.54, 1.807) is 12.1 Å². The van der Waals surface area contributed by atoms with Gasteiger partial charge < -0.3 is 9.47 Å². The quantitative estimate of drug-likeness (QED) is 0.151. The number of hydrazone groups is 1. The third-order valence-electron chi connectivity index (χ3n) is 5.47. The maximum absolute atomic E-state index is 12.8. The van der Waals surface area contributed by atoms with Gasteiger partial charge in [-0.05, 0) is 54.1 Å². The summed E-state index contributed by atoms with van der Waals surface area (Å²) in [7, 11) is -3.75. The molecule has 38 heavy (non-hydrogen) atoms. The van der Waals surface area contributed by atoms with Crippen molar-refractivity contribution in [3.05, 3.63) is 99.6 Å². The number of nitrogens with zero attached hydrogens (tertiary/aromatic N) is 3. The molecule has 13 heteroatoms. The molecule has 0 aliphatic carbocycles. The van der Waals surface area contributed by atoms with E-state index in [2.05, 4.69) is 10.5 Å². The van der Waals surface area contributed by atoms with Gasteiger partial charge in [0.2, 0.25) is 10.0 Å². The zero-order chi connectivity index (χ0) is 27.1. The highest BCUT2D eigenvalue weighted by molar-refractivity contribution is 7.89. The van der Waals surface area contributed by atoms with Crippen molar-refractivity contribution in [2.45, 2.75) is 4.90 Å². The molecular weight excluding hydrogens is 516 g/mol. The molecule has 0 atom stereocenters. The molecule has 1 aliphatic rings. The minimum absolute atomic E-state index is 0.00581. The van der Waals surface area contributed by atoms with Crippen LogP contribution in [-0.2, 0) is 14.8 Å². The fourth-order valence-electron chi connectivity index (χ4n) is 3.50. The normalized spacial score (nSPS) is 14.2. The Kier molecular flexibility index (Phi) is 8.21. The van der Waals surface area contributed by atoms with E-state index >= 15 is 0 Å². The number of hydrogen-bond donors (Lipinski definition) is 1. The number of sulfonamides is 1. The molecule has 1 amide bonds. The first-order chi connectivity index (χ1) is 18.2. The SMILES string of the molecule is O=C(N/N=C\c1ccc(OC(=O)c2cccc([N+](=O)[O-])c2)cc1)c1cccc(S(=O)(=O)N2CCOCC2)c1. The van der Waals surface area contributed by atoms with Crippen LogP contribution in [0.4, 0.5) is 5.69 Å². The van der Waals surface area contributed by atoms with Crippen LogP contribution >= 0.6 is 0 Å². The molecule has 1 saturated heterocycles. The van der Waals surface area contributed by atoms with Gasteiger partial charge >= 0.3 is 5.97 Å². The highest BCUT2D eigenvalue weighted by Crippen LogP contribution is 2.19. The maximum atomic E-state index is 12.8. The summed E-state index contributed by atoms with van der Waals surface area (Å²) >= 11 is 0. The largest absolute Gasteiger partial charge is 0.423 e. The maximum Gasteiger partial charge on any atom is 0.343 e. The van der Waals surface area contributed by atoms with Crippen LogP contribution in [0.3, 0.4) is 0 Å². The molecule has 1 heterocycles. The van der Waals surface area contributed by atoms with Crippen molar-refractivity contribution < 1.29 is 32.4 Å². The third kappa shape index (κ3) is 6.45. The van der Waals surface area contributed by atoms with Crippen LogP contribution in [0.25, 0.3) is 0 Å². The Morgan fingerprint density at radius 2 is 1.68 bits per heavy atom. The van der Waals surface area contributed by atoms with Crippen LogP contribution in [0, 0.1) is 10.1 Å². The lowest BCUT2D eigenvalue weighted by atomic mass is 10.2. The van der Waals surface area contributed by atoms with Gasteiger partial charge in [0.15, 0.2) is 0 Å².